The molecule has 2 heterocycles. The van der Waals surface area contributed by atoms with Gasteiger partial charge in [-0.15, -0.1) is 0 Å². The van der Waals surface area contributed by atoms with Crippen LogP contribution >= 0.6 is 0 Å². The van der Waals surface area contributed by atoms with E-state index in [9.17, 15) is 18.4 Å². The molecule has 0 saturated heterocycles. The Kier molecular flexibility index (Phi) is 6.32. The van der Waals surface area contributed by atoms with Crippen LogP contribution in [-0.4, -0.2) is 16.4 Å². The number of hydrogen-bond acceptors (Lipinski definition) is 3. The van der Waals surface area contributed by atoms with Gasteiger partial charge in [-0.05, 0) is 78.4 Å². The lowest BCUT2D eigenvalue weighted by atomic mass is 10.2. The highest BCUT2D eigenvalue weighted by Crippen LogP contribution is 2.25. The van der Waals surface area contributed by atoms with Crippen molar-refractivity contribution in [2.45, 2.75) is 13.1 Å². The van der Waals surface area contributed by atoms with Crippen molar-refractivity contribution in [3.63, 3.8) is 0 Å². The molecule has 0 radical (unpaired) electrons. The Morgan fingerprint density at radius 2 is 1.56 bits per heavy atom. The third-order valence-corrected chi connectivity index (χ3v) is 5.76. The van der Waals surface area contributed by atoms with E-state index in [0.717, 1.165) is 16.5 Å². The first kappa shape index (κ1) is 23.0. The van der Waals surface area contributed by atoms with Crippen LogP contribution in [0.25, 0.3) is 10.9 Å². The van der Waals surface area contributed by atoms with Gasteiger partial charge in [0.05, 0.1) is 12.8 Å². The van der Waals surface area contributed by atoms with Crippen LogP contribution in [0.1, 0.15) is 32.2 Å². The second kappa shape index (κ2) is 9.87. The largest absolute Gasteiger partial charge is 0.467 e. The highest BCUT2D eigenvalue weighted by atomic mass is 19.1. The van der Waals surface area contributed by atoms with E-state index in [1.165, 1.54) is 42.7 Å². The van der Waals surface area contributed by atoms with Crippen LogP contribution in [-0.2, 0) is 13.1 Å². The lowest BCUT2D eigenvalue weighted by molar-refractivity contribution is 0.0939. The quantitative estimate of drug-likeness (QED) is 0.309. The van der Waals surface area contributed by atoms with Crippen LogP contribution in [0.4, 0.5) is 14.5 Å². The Bertz CT molecular complexity index is 1520. The van der Waals surface area contributed by atoms with Crippen LogP contribution < -0.4 is 10.6 Å². The minimum absolute atomic E-state index is 0.225. The number of amides is 2. The first-order valence-electron chi connectivity index (χ1n) is 11.2. The van der Waals surface area contributed by atoms with Gasteiger partial charge in [0.25, 0.3) is 11.8 Å². The SMILES string of the molecule is O=C(Nc1ccc2c(c1)cc(C(=O)NCc1ccco1)n2Cc1ccc(F)cc1)c1ccc(F)cc1. The standard InChI is InChI=1S/C28H21F2N3O3/c29-21-7-3-18(4-8-21)17-33-25-12-11-23(32-27(34)19-5-9-22(30)10-6-19)14-20(25)15-26(33)28(35)31-16-24-2-1-13-36-24/h1-15H,16-17H2,(H,31,35)(H,32,34). The molecule has 0 fully saturated rings. The fourth-order valence-electron chi connectivity index (χ4n) is 3.96. The summed E-state index contributed by atoms with van der Waals surface area (Å²) < 4.78 is 33.7. The molecule has 0 unspecified atom stereocenters. The molecule has 5 rings (SSSR count). The summed E-state index contributed by atoms with van der Waals surface area (Å²) in [6, 6.07) is 21.9. The summed E-state index contributed by atoms with van der Waals surface area (Å²) in [5.41, 5.74) is 2.84. The summed E-state index contributed by atoms with van der Waals surface area (Å²) in [5, 5.41) is 6.39. The number of rotatable bonds is 7. The fraction of sp³-hybridized carbons (Fsp3) is 0.0714. The van der Waals surface area contributed by atoms with Gasteiger partial charge in [0.2, 0.25) is 0 Å². The first-order chi connectivity index (χ1) is 17.5. The van der Waals surface area contributed by atoms with Crippen molar-refractivity contribution in [3.8, 4) is 0 Å². The molecule has 5 aromatic rings. The van der Waals surface area contributed by atoms with Gasteiger partial charge < -0.3 is 19.6 Å². The highest BCUT2D eigenvalue weighted by molar-refractivity contribution is 6.06. The average Bonchev–Trinajstić information content (AvgIpc) is 3.52. The van der Waals surface area contributed by atoms with E-state index in [1.54, 1.807) is 42.5 Å². The van der Waals surface area contributed by atoms with Crippen molar-refractivity contribution in [2.24, 2.45) is 0 Å². The maximum absolute atomic E-state index is 13.4. The molecule has 2 aromatic heterocycles. The zero-order valence-electron chi connectivity index (χ0n) is 19.0. The molecule has 0 aliphatic rings. The fourth-order valence-corrected chi connectivity index (χ4v) is 3.96. The molecule has 2 N–H and O–H groups in total. The maximum Gasteiger partial charge on any atom is 0.268 e. The zero-order valence-corrected chi connectivity index (χ0v) is 19.0. The summed E-state index contributed by atoms with van der Waals surface area (Å²) in [7, 11) is 0. The van der Waals surface area contributed by atoms with Gasteiger partial charge in [0, 0.05) is 28.7 Å². The van der Waals surface area contributed by atoms with Gasteiger partial charge in [-0.2, -0.15) is 0 Å². The molecule has 2 amide bonds. The summed E-state index contributed by atoms with van der Waals surface area (Å²) in [6.07, 6.45) is 1.54. The van der Waals surface area contributed by atoms with Crippen molar-refractivity contribution >= 4 is 28.4 Å². The Morgan fingerprint density at radius 1 is 0.833 bits per heavy atom. The molecular formula is C28H21F2N3O3. The van der Waals surface area contributed by atoms with Crippen LogP contribution in [0, 0.1) is 11.6 Å². The number of aromatic nitrogens is 1. The molecule has 0 aliphatic heterocycles. The molecule has 3 aromatic carbocycles. The third kappa shape index (κ3) is 5.02. The highest BCUT2D eigenvalue weighted by Gasteiger charge is 2.17. The summed E-state index contributed by atoms with van der Waals surface area (Å²) in [4.78, 5) is 25.7. The Labute approximate surface area is 205 Å². The number of benzene rings is 3. The minimum Gasteiger partial charge on any atom is -0.467 e. The molecule has 36 heavy (non-hydrogen) atoms. The van der Waals surface area contributed by atoms with E-state index in [4.69, 9.17) is 4.42 Å². The molecule has 0 bridgehead atoms. The molecule has 0 aliphatic carbocycles. The Morgan fingerprint density at radius 3 is 2.25 bits per heavy atom. The lowest BCUT2D eigenvalue weighted by Crippen LogP contribution is -2.25. The molecule has 6 nitrogen and oxygen atoms in total. The number of hydrogen-bond donors (Lipinski definition) is 2. The number of carbonyl (C=O) groups is 2. The molecule has 0 saturated carbocycles. The Balaban J connectivity index is 1.45. The van der Waals surface area contributed by atoms with Crippen molar-refractivity contribution in [1.29, 1.82) is 0 Å². The number of anilines is 1. The molecule has 0 spiro atoms. The van der Waals surface area contributed by atoms with Crippen LogP contribution in [0.2, 0.25) is 0 Å². The van der Waals surface area contributed by atoms with E-state index < -0.39 is 5.82 Å². The molecule has 8 heteroatoms. The van der Waals surface area contributed by atoms with Gasteiger partial charge in [-0.1, -0.05) is 12.1 Å². The van der Waals surface area contributed by atoms with Crippen molar-refractivity contribution in [3.05, 3.63) is 125 Å². The Hall–Kier alpha value is -4.72. The van der Waals surface area contributed by atoms with E-state index in [1.807, 2.05) is 10.6 Å². The average molecular weight is 485 g/mol. The second-order valence-electron chi connectivity index (χ2n) is 8.24. The maximum atomic E-state index is 13.4. The van der Waals surface area contributed by atoms with Crippen LogP contribution in [0.3, 0.4) is 0 Å². The number of carbonyl (C=O) groups excluding carboxylic acids is 2. The first-order valence-corrected chi connectivity index (χ1v) is 11.2. The van der Waals surface area contributed by atoms with Gasteiger partial charge in [-0.3, -0.25) is 9.59 Å². The second-order valence-corrected chi connectivity index (χ2v) is 8.24. The summed E-state index contributed by atoms with van der Waals surface area (Å²) in [6.45, 7) is 0.567. The van der Waals surface area contributed by atoms with Gasteiger partial charge in [-0.25, -0.2) is 8.78 Å². The molecule has 0 atom stereocenters. The topological polar surface area (TPSA) is 76.3 Å². The normalized spacial score (nSPS) is 10.9. The van der Waals surface area contributed by atoms with Gasteiger partial charge in [0.15, 0.2) is 0 Å². The smallest absolute Gasteiger partial charge is 0.268 e. The van der Waals surface area contributed by atoms with Crippen molar-refractivity contribution in [1.82, 2.24) is 9.88 Å². The van der Waals surface area contributed by atoms with E-state index in [0.29, 0.717) is 29.2 Å². The number of nitrogens with zero attached hydrogens (tertiary/aromatic N) is 1. The minimum atomic E-state index is -0.423. The van der Waals surface area contributed by atoms with Gasteiger partial charge in [0.1, 0.15) is 23.1 Å². The number of furan rings is 1. The molecular weight excluding hydrogens is 464 g/mol. The van der Waals surface area contributed by atoms with Crippen molar-refractivity contribution < 1.29 is 22.8 Å². The van der Waals surface area contributed by atoms with Crippen molar-refractivity contribution in [2.75, 3.05) is 5.32 Å². The number of fused-ring (bicyclic) bond motifs is 1. The third-order valence-electron chi connectivity index (χ3n) is 5.76. The molecule has 180 valence electrons. The monoisotopic (exact) mass is 485 g/mol. The lowest BCUT2D eigenvalue weighted by Gasteiger charge is -2.12. The summed E-state index contributed by atoms with van der Waals surface area (Å²) in [5.74, 6) is -0.823. The van der Waals surface area contributed by atoms with Gasteiger partial charge >= 0.3 is 0 Å². The number of halogens is 2. The van der Waals surface area contributed by atoms with E-state index in [2.05, 4.69) is 10.6 Å². The number of nitrogens with one attached hydrogen (secondary N) is 2. The van der Waals surface area contributed by atoms with Crippen LogP contribution in [0.15, 0.2) is 95.6 Å². The van der Waals surface area contributed by atoms with E-state index >= 15 is 0 Å². The predicted molar refractivity (Wildman–Crippen MR) is 132 cm³/mol. The zero-order chi connectivity index (χ0) is 25.1. The predicted octanol–water partition coefficient (Wildman–Crippen LogP) is 5.74. The summed E-state index contributed by atoms with van der Waals surface area (Å²) >= 11 is 0. The van der Waals surface area contributed by atoms with Crippen LogP contribution in [0.5, 0.6) is 0 Å². The van der Waals surface area contributed by atoms with E-state index in [-0.39, 0.29) is 24.2 Å².